The number of para-hydroxylation sites is 2. The van der Waals surface area contributed by atoms with Gasteiger partial charge in [-0.15, -0.1) is 0 Å². The molecule has 4 heteroatoms. The molecule has 2 heterocycles. The summed E-state index contributed by atoms with van der Waals surface area (Å²) in [6.45, 7) is 5.72. The van der Waals surface area contributed by atoms with Crippen LogP contribution < -0.4 is 0 Å². The lowest BCUT2D eigenvalue weighted by atomic mass is 9.99. The van der Waals surface area contributed by atoms with E-state index in [9.17, 15) is 0 Å². The van der Waals surface area contributed by atoms with Crippen molar-refractivity contribution in [3.63, 3.8) is 0 Å². The minimum atomic E-state index is 0.598. The van der Waals surface area contributed by atoms with Crippen molar-refractivity contribution in [1.29, 1.82) is 0 Å². The first kappa shape index (κ1) is 31.5. The van der Waals surface area contributed by atoms with E-state index in [1.807, 2.05) is 55.5 Å². The molecule has 0 aliphatic rings. The molecule has 0 atom stereocenters. The molecule has 0 aliphatic heterocycles. The van der Waals surface area contributed by atoms with Gasteiger partial charge in [-0.3, -0.25) is 0 Å². The number of hydrogen-bond donors (Lipinski definition) is 0. The molecule has 0 aliphatic carbocycles. The Balaban J connectivity index is 1.28. The zero-order valence-electron chi connectivity index (χ0n) is 28.3. The van der Waals surface area contributed by atoms with E-state index in [4.69, 9.17) is 14.4 Å². The second-order valence-corrected chi connectivity index (χ2v) is 12.2. The van der Waals surface area contributed by atoms with Gasteiger partial charge in [-0.05, 0) is 60.0 Å². The number of hydrogen-bond acceptors (Lipinski definition) is 2. The van der Waals surface area contributed by atoms with E-state index in [2.05, 4.69) is 132 Å². The second kappa shape index (κ2) is 14.0. The summed E-state index contributed by atoms with van der Waals surface area (Å²) in [4.78, 5) is 9.81. The zero-order chi connectivity index (χ0) is 34.6. The van der Waals surface area contributed by atoms with Crippen LogP contribution in [-0.4, -0.2) is 16.1 Å². The van der Waals surface area contributed by atoms with E-state index in [1.54, 1.807) is 12.3 Å². The van der Waals surface area contributed by atoms with Gasteiger partial charge in [-0.25, -0.2) is 9.98 Å². The molecule has 0 saturated carbocycles. The summed E-state index contributed by atoms with van der Waals surface area (Å²) < 4.78 is 9.15. The normalized spacial score (nSPS) is 12.9. The smallest absolute Gasteiger partial charge is 0.159 e. The van der Waals surface area contributed by atoms with Crippen LogP contribution in [0.2, 0.25) is 0 Å². The fourth-order valence-corrected chi connectivity index (χ4v) is 6.74. The minimum Gasteiger partial charge on any atom is -0.454 e. The number of amidine groups is 1. The van der Waals surface area contributed by atoms with E-state index < -0.39 is 0 Å². The third kappa shape index (κ3) is 6.04. The Bertz CT molecular complexity index is 2700. The maximum Gasteiger partial charge on any atom is 0.159 e. The Kier molecular flexibility index (Phi) is 8.63. The van der Waals surface area contributed by atoms with Gasteiger partial charge >= 0.3 is 0 Å². The molecular weight excluding hydrogens is 623 g/mol. The molecule has 0 fully saturated rings. The van der Waals surface area contributed by atoms with Gasteiger partial charge < -0.3 is 8.98 Å². The predicted molar refractivity (Wildman–Crippen MR) is 216 cm³/mol. The van der Waals surface area contributed by atoms with Gasteiger partial charge in [0.1, 0.15) is 5.58 Å². The summed E-state index contributed by atoms with van der Waals surface area (Å²) in [5, 5.41) is 4.52. The van der Waals surface area contributed by atoms with Gasteiger partial charge in [0, 0.05) is 39.0 Å². The van der Waals surface area contributed by atoms with Gasteiger partial charge in [0.2, 0.25) is 0 Å². The second-order valence-electron chi connectivity index (χ2n) is 12.2. The maximum atomic E-state index is 6.81. The molecule has 6 aromatic carbocycles. The van der Waals surface area contributed by atoms with E-state index in [0.29, 0.717) is 5.84 Å². The summed E-state index contributed by atoms with van der Waals surface area (Å²) in [7, 11) is 0. The van der Waals surface area contributed by atoms with Crippen LogP contribution in [0, 0.1) is 0 Å². The molecule has 0 spiro atoms. The van der Waals surface area contributed by atoms with E-state index >= 15 is 0 Å². The molecule has 8 rings (SSSR count). The zero-order valence-corrected chi connectivity index (χ0v) is 28.3. The van der Waals surface area contributed by atoms with E-state index in [1.165, 1.54) is 21.9 Å². The Hall–Kier alpha value is -6.78. The summed E-state index contributed by atoms with van der Waals surface area (Å²) >= 11 is 0. The number of benzene rings is 6. The average Bonchev–Trinajstić information content (AvgIpc) is 3.73. The van der Waals surface area contributed by atoms with Crippen LogP contribution in [0.1, 0.15) is 18.1 Å². The lowest BCUT2D eigenvalue weighted by Crippen LogP contribution is -2.03. The number of aromatic nitrogens is 1. The summed E-state index contributed by atoms with van der Waals surface area (Å²) in [6.07, 6.45) is 13.1. The molecule has 2 aromatic heterocycles. The van der Waals surface area contributed by atoms with E-state index in [-0.39, 0.29) is 0 Å². The molecule has 244 valence electrons. The van der Waals surface area contributed by atoms with Crippen molar-refractivity contribution in [1.82, 2.24) is 4.57 Å². The topological polar surface area (TPSA) is 42.8 Å². The number of nitrogens with zero attached hydrogens (tertiary/aromatic N) is 3. The van der Waals surface area contributed by atoms with Crippen molar-refractivity contribution in [3.8, 4) is 16.8 Å². The number of fused-ring (bicyclic) bond motifs is 6. The minimum absolute atomic E-state index is 0.598. The van der Waals surface area contributed by atoms with Crippen molar-refractivity contribution in [3.05, 3.63) is 200 Å². The van der Waals surface area contributed by atoms with Crippen molar-refractivity contribution in [2.24, 2.45) is 9.98 Å². The van der Waals surface area contributed by atoms with Crippen LogP contribution in [0.3, 0.4) is 0 Å². The Morgan fingerprint density at radius 3 is 2.18 bits per heavy atom. The van der Waals surface area contributed by atoms with Gasteiger partial charge in [0.05, 0.1) is 16.7 Å². The molecule has 8 aromatic rings. The summed E-state index contributed by atoms with van der Waals surface area (Å²) in [6, 6.07) is 48.6. The van der Waals surface area contributed by atoms with Crippen molar-refractivity contribution in [2.75, 3.05) is 0 Å². The SMILES string of the molecule is C=C/C=C/C=C\C=C/N=C(N=C(C)c1ccccc1)c1ccc2c(c1)oc1c(-n3c4ccccc4c4c(-c5ccccc5)cccc43)cccc12. The number of furan rings is 1. The monoisotopic (exact) mass is 657 g/mol. The average molecular weight is 658 g/mol. The molecule has 0 saturated heterocycles. The Morgan fingerprint density at radius 2 is 1.33 bits per heavy atom. The first-order chi connectivity index (χ1) is 25.2. The van der Waals surface area contributed by atoms with Gasteiger partial charge in [0.25, 0.3) is 0 Å². The highest BCUT2D eigenvalue weighted by Gasteiger charge is 2.20. The van der Waals surface area contributed by atoms with Crippen LogP contribution in [0.25, 0.3) is 60.6 Å². The lowest BCUT2D eigenvalue weighted by molar-refractivity contribution is 0.666. The Morgan fingerprint density at radius 1 is 0.627 bits per heavy atom. The fraction of sp³-hybridized carbons (Fsp3) is 0.0213. The first-order valence-corrected chi connectivity index (χ1v) is 17.0. The maximum absolute atomic E-state index is 6.81. The first-order valence-electron chi connectivity index (χ1n) is 17.0. The highest BCUT2D eigenvalue weighted by atomic mass is 16.3. The Labute approximate surface area is 297 Å². The molecule has 0 amide bonds. The third-order valence-electron chi connectivity index (χ3n) is 9.09. The largest absolute Gasteiger partial charge is 0.454 e. The van der Waals surface area contributed by atoms with Crippen LogP contribution in [0.4, 0.5) is 0 Å². The highest BCUT2D eigenvalue weighted by molar-refractivity contribution is 6.18. The van der Waals surface area contributed by atoms with Crippen LogP contribution in [-0.2, 0) is 0 Å². The fourth-order valence-electron chi connectivity index (χ4n) is 6.74. The lowest BCUT2D eigenvalue weighted by Gasteiger charge is -2.09. The highest BCUT2D eigenvalue weighted by Crippen LogP contribution is 2.41. The molecule has 51 heavy (non-hydrogen) atoms. The van der Waals surface area contributed by atoms with Crippen molar-refractivity contribution < 1.29 is 4.42 Å². The van der Waals surface area contributed by atoms with Crippen LogP contribution in [0.5, 0.6) is 0 Å². The van der Waals surface area contributed by atoms with Crippen LogP contribution in [0.15, 0.2) is 203 Å². The van der Waals surface area contributed by atoms with Crippen molar-refractivity contribution in [2.45, 2.75) is 6.92 Å². The quantitative estimate of drug-likeness (QED) is 0.0911. The molecule has 0 N–H and O–H groups in total. The van der Waals surface area contributed by atoms with Crippen LogP contribution >= 0.6 is 0 Å². The van der Waals surface area contributed by atoms with E-state index in [0.717, 1.165) is 55.5 Å². The standard InChI is InChI=1S/C47H35N3O/c1-3-4-5-6-7-16-31-48-47(49-33(2)34-19-10-8-11-20-34)36-29-30-38-39-25-18-28-43(46(39)51-44(38)32-36)50-41-26-15-14-23-40(41)45-37(24-17-27-42(45)50)35-21-12-9-13-22-35/h3-32H,1H2,2H3/b5-4+,7-6-,31-16-,48-47?,49-33?. The molecule has 4 nitrogen and oxygen atoms in total. The summed E-state index contributed by atoms with van der Waals surface area (Å²) in [5.41, 5.74) is 10.0. The van der Waals surface area contributed by atoms with Crippen molar-refractivity contribution >= 4 is 55.3 Å². The molecular formula is C47H35N3O. The predicted octanol–water partition coefficient (Wildman–Crippen LogP) is 12.4. The number of allylic oxidation sites excluding steroid dienone is 6. The molecule has 0 radical (unpaired) electrons. The number of rotatable bonds is 8. The summed E-state index contributed by atoms with van der Waals surface area (Å²) in [5.74, 6) is 0.598. The van der Waals surface area contributed by atoms with Gasteiger partial charge in [-0.2, -0.15) is 0 Å². The molecule has 0 unspecified atom stereocenters. The van der Waals surface area contributed by atoms with Gasteiger partial charge in [-0.1, -0.05) is 146 Å². The van der Waals surface area contributed by atoms with Gasteiger partial charge in [0.15, 0.2) is 11.4 Å². The molecule has 0 bridgehead atoms. The third-order valence-corrected chi connectivity index (χ3v) is 9.09. The number of aliphatic imine (C=N–C) groups is 2.